The third-order valence-corrected chi connectivity index (χ3v) is 4.07. The van der Waals surface area contributed by atoms with Gasteiger partial charge in [0, 0.05) is 13.7 Å². The van der Waals surface area contributed by atoms with Crippen LogP contribution in [0, 0.1) is 16.7 Å². The lowest BCUT2D eigenvalue weighted by atomic mass is 9.80. The highest BCUT2D eigenvalue weighted by atomic mass is 16.5. The second-order valence-electron chi connectivity index (χ2n) is 9.15. The Hall–Kier alpha value is -0.0800. The number of methoxy groups -OCH3 is 1. The van der Waals surface area contributed by atoms with Gasteiger partial charge in [0.15, 0.2) is 0 Å². The first kappa shape index (κ1) is 20.9. The summed E-state index contributed by atoms with van der Waals surface area (Å²) in [5.74, 6) is 0.641. The van der Waals surface area contributed by atoms with Gasteiger partial charge in [-0.05, 0) is 43.2 Å². The normalized spacial score (nSPS) is 16.3. The van der Waals surface area contributed by atoms with Gasteiger partial charge in [-0.2, -0.15) is 0 Å². The van der Waals surface area contributed by atoms with Gasteiger partial charge in [-0.15, -0.1) is 0 Å². The Morgan fingerprint density at radius 2 is 1.52 bits per heavy atom. The molecule has 128 valence electrons. The molecule has 2 atom stereocenters. The maximum atomic E-state index is 5.72. The van der Waals surface area contributed by atoms with Gasteiger partial charge < -0.3 is 9.64 Å². The topological polar surface area (TPSA) is 12.5 Å². The summed E-state index contributed by atoms with van der Waals surface area (Å²) in [7, 11) is 4.10. The molecule has 0 heterocycles. The van der Waals surface area contributed by atoms with E-state index in [0.29, 0.717) is 17.4 Å². The van der Waals surface area contributed by atoms with E-state index < -0.39 is 0 Å². The lowest BCUT2D eigenvalue weighted by Crippen LogP contribution is -2.34. The van der Waals surface area contributed by atoms with Gasteiger partial charge >= 0.3 is 0 Å². The lowest BCUT2D eigenvalue weighted by molar-refractivity contribution is -0.0240. The van der Waals surface area contributed by atoms with Gasteiger partial charge in [-0.25, -0.2) is 0 Å². The fourth-order valence-electron chi connectivity index (χ4n) is 3.50. The predicted octanol–water partition coefficient (Wildman–Crippen LogP) is 5.22. The molecule has 0 aromatic rings. The lowest BCUT2D eigenvalue weighted by Gasteiger charge is -2.34. The molecule has 0 aliphatic rings. The zero-order valence-electron chi connectivity index (χ0n) is 16.3. The van der Waals surface area contributed by atoms with Crippen molar-refractivity contribution in [2.45, 2.75) is 80.3 Å². The quantitative estimate of drug-likeness (QED) is 0.541. The number of hydrogen-bond acceptors (Lipinski definition) is 2. The van der Waals surface area contributed by atoms with E-state index in [2.05, 4.69) is 60.4 Å². The molecule has 0 fully saturated rings. The molecule has 0 rings (SSSR count). The predicted molar refractivity (Wildman–Crippen MR) is 94.8 cm³/mol. The number of hydrogen-bond donors (Lipinski definition) is 0. The minimum absolute atomic E-state index is 0.237. The standard InChI is InChI=1S/C19H41NO/c1-16(17(21-9)19(5,6)7)13-11-10-12-14-20(8)15-18(2,3)4/h16-17H,10-15H2,1-9H3. The van der Waals surface area contributed by atoms with E-state index in [4.69, 9.17) is 4.74 Å². The Morgan fingerprint density at radius 3 is 1.95 bits per heavy atom. The van der Waals surface area contributed by atoms with Crippen molar-refractivity contribution in [3.05, 3.63) is 0 Å². The van der Waals surface area contributed by atoms with Crippen LogP contribution in [0.15, 0.2) is 0 Å². The molecule has 0 radical (unpaired) electrons. The van der Waals surface area contributed by atoms with Gasteiger partial charge in [0.2, 0.25) is 0 Å². The van der Waals surface area contributed by atoms with Crippen molar-refractivity contribution in [2.24, 2.45) is 16.7 Å². The first-order chi connectivity index (χ1) is 9.47. The van der Waals surface area contributed by atoms with E-state index in [1.165, 1.54) is 38.8 Å². The summed E-state index contributed by atoms with van der Waals surface area (Å²) in [5, 5.41) is 0. The maximum absolute atomic E-state index is 5.72. The summed E-state index contributed by atoms with van der Waals surface area (Å²) in [6.07, 6.45) is 5.60. The molecule has 0 aliphatic carbocycles. The van der Waals surface area contributed by atoms with Gasteiger partial charge in [-0.1, -0.05) is 61.3 Å². The highest BCUT2D eigenvalue weighted by molar-refractivity contribution is 4.79. The molecule has 2 nitrogen and oxygen atoms in total. The van der Waals surface area contributed by atoms with Crippen LogP contribution in [0.4, 0.5) is 0 Å². The van der Waals surface area contributed by atoms with Crippen molar-refractivity contribution in [3.63, 3.8) is 0 Å². The zero-order chi connectivity index (χ0) is 16.7. The Balaban J connectivity index is 3.85. The smallest absolute Gasteiger partial charge is 0.0645 e. The maximum Gasteiger partial charge on any atom is 0.0645 e. The van der Waals surface area contributed by atoms with Crippen molar-refractivity contribution < 1.29 is 4.74 Å². The fourth-order valence-corrected chi connectivity index (χ4v) is 3.50. The summed E-state index contributed by atoms with van der Waals surface area (Å²) in [5.41, 5.74) is 0.642. The molecule has 2 unspecified atom stereocenters. The van der Waals surface area contributed by atoms with Crippen LogP contribution in [0.5, 0.6) is 0 Å². The van der Waals surface area contributed by atoms with E-state index in [-0.39, 0.29) is 5.41 Å². The van der Waals surface area contributed by atoms with Crippen LogP contribution in [-0.2, 0) is 4.74 Å². The van der Waals surface area contributed by atoms with E-state index in [0.717, 1.165) is 0 Å². The number of ether oxygens (including phenoxy) is 1. The second kappa shape index (κ2) is 9.15. The Labute approximate surface area is 134 Å². The highest BCUT2D eigenvalue weighted by Crippen LogP contribution is 2.30. The molecule has 0 N–H and O–H groups in total. The minimum Gasteiger partial charge on any atom is -0.381 e. The van der Waals surface area contributed by atoms with Gasteiger partial charge in [0.05, 0.1) is 6.10 Å². The fraction of sp³-hybridized carbons (Fsp3) is 1.00. The largest absolute Gasteiger partial charge is 0.381 e. The third-order valence-electron chi connectivity index (χ3n) is 4.07. The average Bonchev–Trinajstić information content (AvgIpc) is 2.24. The van der Waals surface area contributed by atoms with Gasteiger partial charge in [0.1, 0.15) is 0 Å². The van der Waals surface area contributed by atoms with E-state index in [1.54, 1.807) is 0 Å². The van der Waals surface area contributed by atoms with Crippen molar-refractivity contribution in [1.29, 1.82) is 0 Å². The number of rotatable bonds is 9. The Bertz CT molecular complexity index is 262. The summed E-state index contributed by atoms with van der Waals surface area (Å²) < 4.78 is 5.72. The van der Waals surface area contributed by atoms with Crippen LogP contribution in [0.1, 0.15) is 74.1 Å². The van der Waals surface area contributed by atoms with Crippen molar-refractivity contribution >= 4 is 0 Å². The molecule has 21 heavy (non-hydrogen) atoms. The van der Waals surface area contributed by atoms with Gasteiger partial charge in [0.25, 0.3) is 0 Å². The van der Waals surface area contributed by atoms with Crippen LogP contribution in [0.3, 0.4) is 0 Å². The SMILES string of the molecule is COC(C(C)CCCCCN(C)CC(C)(C)C)C(C)(C)C. The van der Waals surface area contributed by atoms with E-state index in [9.17, 15) is 0 Å². The van der Waals surface area contributed by atoms with E-state index >= 15 is 0 Å². The summed E-state index contributed by atoms with van der Waals surface area (Å²) in [6.45, 7) is 18.5. The van der Waals surface area contributed by atoms with Crippen LogP contribution >= 0.6 is 0 Å². The molecule has 0 spiro atoms. The molecule has 0 aromatic heterocycles. The summed E-state index contributed by atoms with van der Waals surface area (Å²) in [4.78, 5) is 2.47. The molecule has 0 aliphatic heterocycles. The Kier molecular flexibility index (Phi) is 9.11. The highest BCUT2D eigenvalue weighted by Gasteiger charge is 2.29. The van der Waals surface area contributed by atoms with Crippen LogP contribution in [0.2, 0.25) is 0 Å². The molecule has 0 saturated heterocycles. The zero-order valence-corrected chi connectivity index (χ0v) is 16.3. The van der Waals surface area contributed by atoms with Crippen LogP contribution in [-0.4, -0.2) is 38.3 Å². The van der Waals surface area contributed by atoms with Crippen molar-refractivity contribution in [1.82, 2.24) is 4.90 Å². The monoisotopic (exact) mass is 299 g/mol. The Morgan fingerprint density at radius 1 is 0.952 bits per heavy atom. The molecule has 2 heteroatoms. The second-order valence-corrected chi connectivity index (χ2v) is 9.15. The molecule has 0 amide bonds. The van der Waals surface area contributed by atoms with Crippen LogP contribution in [0.25, 0.3) is 0 Å². The van der Waals surface area contributed by atoms with Crippen molar-refractivity contribution in [3.8, 4) is 0 Å². The summed E-state index contributed by atoms with van der Waals surface area (Å²) >= 11 is 0. The number of unbranched alkanes of at least 4 members (excludes halogenated alkanes) is 2. The summed E-state index contributed by atoms with van der Waals surface area (Å²) in [6, 6.07) is 0. The molecular weight excluding hydrogens is 258 g/mol. The third kappa shape index (κ3) is 10.3. The molecule has 0 bridgehead atoms. The first-order valence-corrected chi connectivity index (χ1v) is 8.68. The molecule has 0 saturated carbocycles. The molecule has 0 aromatic carbocycles. The van der Waals surface area contributed by atoms with Gasteiger partial charge in [-0.3, -0.25) is 0 Å². The van der Waals surface area contributed by atoms with E-state index in [1.807, 2.05) is 7.11 Å². The molecular formula is C19H41NO. The van der Waals surface area contributed by atoms with Crippen LogP contribution < -0.4 is 0 Å². The average molecular weight is 300 g/mol. The van der Waals surface area contributed by atoms with Crippen molar-refractivity contribution in [2.75, 3.05) is 27.2 Å². The number of nitrogens with zero attached hydrogens (tertiary/aromatic N) is 1. The minimum atomic E-state index is 0.237. The first-order valence-electron chi connectivity index (χ1n) is 8.68.